The number of rotatable bonds is 6. The number of morpholine rings is 1. The van der Waals surface area contributed by atoms with Crippen LogP contribution in [0.2, 0.25) is 0 Å². The summed E-state index contributed by atoms with van der Waals surface area (Å²) in [6, 6.07) is 8.30. The lowest BCUT2D eigenvalue weighted by atomic mass is 10.1. The Balaban J connectivity index is 1.56. The van der Waals surface area contributed by atoms with Crippen LogP contribution in [0.4, 0.5) is 0 Å². The summed E-state index contributed by atoms with van der Waals surface area (Å²) in [7, 11) is 0. The second kappa shape index (κ2) is 8.95. The van der Waals surface area contributed by atoms with Gasteiger partial charge in [0.2, 0.25) is 5.91 Å². The van der Waals surface area contributed by atoms with Gasteiger partial charge in [-0.3, -0.25) is 9.69 Å². The van der Waals surface area contributed by atoms with Crippen LogP contribution in [0.5, 0.6) is 0 Å². The molecule has 3 rings (SSSR count). The second-order valence-corrected chi connectivity index (χ2v) is 7.50. The quantitative estimate of drug-likeness (QED) is 0.801. The minimum atomic E-state index is -0.364. The molecule has 2 heterocycles. The maximum absolute atomic E-state index is 12.4. The van der Waals surface area contributed by atoms with Gasteiger partial charge in [-0.05, 0) is 37.8 Å². The first kappa shape index (κ1) is 19.3. The van der Waals surface area contributed by atoms with E-state index in [0.29, 0.717) is 13.1 Å². The normalized spacial score (nSPS) is 29.7. The molecule has 0 spiro atoms. The molecule has 2 saturated heterocycles. The van der Waals surface area contributed by atoms with Crippen LogP contribution in [0, 0.1) is 0 Å². The van der Waals surface area contributed by atoms with E-state index in [1.807, 2.05) is 6.07 Å². The fourth-order valence-corrected chi connectivity index (χ4v) is 3.91. The molecule has 26 heavy (non-hydrogen) atoms. The van der Waals surface area contributed by atoms with Gasteiger partial charge < -0.3 is 20.5 Å². The summed E-state index contributed by atoms with van der Waals surface area (Å²) >= 11 is 0. The fourth-order valence-electron chi connectivity index (χ4n) is 3.91. The third-order valence-electron chi connectivity index (χ3n) is 5.12. The Labute approximate surface area is 156 Å². The molecule has 0 aromatic heterocycles. The van der Waals surface area contributed by atoms with Gasteiger partial charge in [0.15, 0.2) is 0 Å². The van der Waals surface area contributed by atoms with Gasteiger partial charge in [0.05, 0.1) is 18.3 Å². The standard InChI is InChI=1S/C20H31N3O3/c1-14-11-23(12-15(2)25-14)13-17-6-4-3-5-16(17)10-22-20(24)19-8-7-18(9-21)26-19/h3-6,14-15,18-19H,7-13,21H2,1-2H3,(H,22,24)/t14?,15?,18-,19+/m1/s1. The predicted octanol–water partition coefficient (Wildman–Crippen LogP) is 1.42. The van der Waals surface area contributed by atoms with E-state index >= 15 is 0 Å². The van der Waals surface area contributed by atoms with Crippen LogP contribution in [-0.4, -0.2) is 54.9 Å². The SMILES string of the molecule is CC1CN(Cc2ccccc2CNC(=O)[C@@H]2CC[C@H](CN)O2)CC(C)O1. The number of carbonyl (C=O) groups is 1. The Morgan fingerprint density at radius 3 is 2.50 bits per heavy atom. The molecule has 6 nitrogen and oxygen atoms in total. The highest BCUT2D eigenvalue weighted by molar-refractivity contribution is 5.81. The number of hydrogen-bond acceptors (Lipinski definition) is 5. The summed E-state index contributed by atoms with van der Waals surface area (Å²) in [6.07, 6.45) is 1.76. The van der Waals surface area contributed by atoms with E-state index in [0.717, 1.165) is 38.0 Å². The first-order valence-corrected chi connectivity index (χ1v) is 9.63. The molecule has 2 unspecified atom stereocenters. The third-order valence-corrected chi connectivity index (χ3v) is 5.12. The van der Waals surface area contributed by atoms with Crippen LogP contribution >= 0.6 is 0 Å². The minimum Gasteiger partial charge on any atom is -0.373 e. The first-order chi connectivity index (χ1) is 12.5. The van der Waals surface area contributed by atoms with Crippen molar-refractivity contribution in [3.8, 4) is 0 Å². The van der Waals surface area contributed by atoms with Gasteiger partial charge in [-0.15, -0.1) is 0 Å². The van der Waals surface area contributed by atoms with Gasteiger partial charge in [0.25, 0.3) is 0 Å². The van der Waals surface area contributed by atoms with E-state index in [9.17, 15) is 4.79 Å². The molecule has 2 fully saturated rings. The number of amides is 1. The zero-order valence-electron chi connectivity index (χ0n) is 15.8. The molecule has 2 aliphatic rings. The van der Waals surface area contributed by atoms with Crippen molar-refractivity contribution in [1.82, 2.24) is 10.2 Å². The molecule has 144 valence electrons. The first-order valence-electron chi connectivity index (χ1n) is 9.63. The van der Waals surface area contributed by atoms with Crippen molar-refractivity contribution < 1.29 is 14.3 Å². The molecule has 0 bridgehead atoms. The van der Waals surface area contributed by atoms with Crippen LogP contribution < -0.4 is 11.1 Å². The lowest BCUT2D eigenvalue weighted by Gasteiger charge is -2.35. The van der Waals surface area contributed by atoms with Gasteiger partial charge in [-0.1, -0.05) is 24.3 Å². The molecule has 4 atom stereocenters. The average Bonchev–Trinajstić information content (AvgIpc) is 3.09. The van der Waals surface area contributed by atoms with Gasteiger partial charge >= 0.3 is 0 Å². The summed E-state index contributed by atoms with van der Waals surface area (Å²) in [5, 5.41) is 3.03. The van der Waals surface area contributed by atoms with E-state index in [1.54, 1.807) is 0 Å². The van der Waals surface area contributed by atoms with Gasteiger partial charge in [0, 0.05) is 32.7 Å². The molecule has 0 aliphatic carbocycles. The molecule has 3 N–H and O–H groups in total. The Kier molecular flexibility index (Phi) is 6.64. The molecule has 0 saturated carbocycles. The predicted molar refractivity (Wildman–Crippen MR) is 101 cm³/mol. The Morgan fingerprint density at radius 2 is 1.85 bits per heavy atom. The third kappa shape index (κ3) is 5.04. The number of benzene rings is 1. The van der Waals surface area contributed by atoms with Crippen LogP contribution in [0.3, 0.4) is 0 Å². The highest BCUT2D eigenvalue weighted by atomic mass is 16.5. The number of hydrogen-bond donors (Lipinski definition) is 2. The van der Waals surface area contributed by atoms with E-state index in [-0.39, 0.29) is 30.3 Å². The average molecular weight is 361 g/mol. The largest absolute Gasteiger partial charge is 0.373 e. The van der Waals surface area contributed by atoms with E-state index in [2.05, 4.69) is 42.3 Å². The summed E-state index contributed by atoms with van der Waals surface area (Å²) < 4.78 is 11.5. The van der Waals surface area contributed by atoms with E-state index in [1.165, 1.54) is 5.56 Å². The summed E-state index contributed by atoms with van der Waals surface area (Å²) in [4.78, 5) is 14.8. The van der Waals surface area contributed by atoms with Crippen LogP contribution in [0.25, 0.3) is 0 Å². The second-order valence-electron chi connectivity index (χ2n) is 7.50. The molecule has 6 heteroatoms. The van der Waals surface area contributed by atoms with Gasteiger partial charge in [-0.2, -0.15) is 0 Å². The van der Waals surface area contributed by atoms with Crippen molar-refractivity contribution in [3.05, 3.63) is 35.4 Å². The van der Waals surface area contributed by atoms with Crippen molar-refractivity contribution in [2.45, 2.75) is 64.2 Å². The maximum atomic E-state index is 12.4. The Morgan fingerprint density at radius 1 is 1.15 bits per heavy atom. The monoisotopic (exact) mass is 361 g/mol. The van der Waals surface area contributed by atoms with Crippen molar-refractivity contribution in [2.24, 2.45) is 5.73 Å². The molecule has 0 radical (unpaired) electrons. The number of nitrogens with two attached hydrogens (primary N) is 1. The van der Waals surface area contributed by atoms with E-state index in [4.69, 9.17) is 15.2 Å². The van der Waals surface area contributed by atoms with Crippen LogP contribution in [-0.2, 0) is 27.4 Å². The zero-order chi connectivity index (χ0) is 18.5. The van der Waals surface area contributed by atoms with Gasteiger partial charge in [-0.25, -0.2) is 0 Å². The Bertz CT molecular complexity index is 600. The zero-order valence-corrected chi connectivity index (χ0v) is 15.8. The van der Waals surface area contributed by atoms with Crippen molar-refractivity contribution in [1.29, 1.82) is 0 Å². The van der Waals surface area contributed by atoms with Gasteiger partial charge in [0.1, 0.15) is 6.10 Å². The van der Waals surface area contributed by atoms with Crippen LogP contribution in [0.15, 0.2) is 24.3 Å². The molecular formula is C20H31N3O3. The minimum absolute atomic E-state index is 0.0170. The summed E-state index contributed by atoms with van der Waals surface area (Å²) in [5.74, 6) is -0.0376. The highest BCUT2D eigenvalue weighted by Gasteiger charge is 2.29. The van der Waals surface area contributed by atoms with E-state index < -0.39 is 0 Å². The molecule has 2 aliphatic heterocycles. The maximum Gasteiger partial charge on any atom is 0.249 e. The topological polar surface area (TPSA) is 76.8 Å². The van der Waals surface area contributed by atoms with Crippen molar-refractivity contribution in [3.63, 3.8) is 0 Å². The number of carbonyl (C=O) groups excluding carboxylic acids is 1. The van der Waals surface area contributed by atoms with Crippen LogP contribution in [0.1, 0.15) is 37.8 Å². The lowest BCUT2D eigenvalue weighted by Crippen LogP contribution is -2.45. The Hall–Kier alpha value is -1.47. The molecule has 1 aromatic carbocycles. The smallest absolute Gasteiger partial charge is 0.249 e. The molecular weight excluding hydrogens is 330 g/mol. The lowest BCUT2D eigenvalue weighted by molar-refractivity contribution is -0.132. The molecule has 1 amide bonds. The van der Waals surface area contributed by atoms with Crippen molar-refractivity contribution in [2.75, 3.05) is 19.6 Å². The summed E-state index contributed by atoms with van der Waals surface area (Å²) in [5.41, 5.74) is 8.02. The fraction of sp³-hybridized carbons (Fsp3) is 0.650. The summed E-state index contributed by atoms with van der Waals surface area (Å²) in [6.45, 7) is 7.97. The number of nitrogens with zero attached hydrogens (tertiary/aromatic N) is 1. The highest BCUT2D eigenvalue weighted by Crippen LogP contribution is 2.20. The molecule has 1 aromatic rings. The number of ether oxygens (including phenoxy) is 2. The van der Waals surface area contributed by atoms with Crippen molar-refractivity contribution >= 4 is 5.91 Å². The number of nitrogens with one attached hydrogen (secondary N) is 1.